The van der Waals surface area contributed by atoms with Crippen molar-refractivity contribution in [3.05, 3.63) is 64.7 Å². The highest BCUT2D eigenvalue weighted by molar-refractivity contribution is 6.31. The van der Waals surface area contributed by atoms with E-state index in [1.54, 1.807) is 18.2 Å². The second-order valence-electron chi connectivity index (χ2n) is 4.61. The van der Waals surface area contributed by atoms with Gasteiger partial charge in [0.1, 0.15) is 0 Å². The molecule has 0 amide bonds. The van der Waals surface area contributed by atoms with E-state index in [-0.39, 0.29) is 12.6 Å². The van der Waals surface area contributed by atoms with Crippen molar-refractivity contribution >= 4 is 23.0 Å². The maximum absolute atomic E-state index is 9.24. The molecule has 104 valence electrons. The van der Waals surface area contributed by atoms with E-state index < -0.39 is 0 Å². The number of nitrogens with two attached hydrogens (primary N) is 1. The molecule has 0 spiro atoms. The van der Waals surface area contributed by atoms with Crippen LogP contribution < -0.4 is 5.73 Å². The molecule has 4 heteroatoms. The summed E-state index contributed by atoms with van der Waals surface area (Å²) in [5.74, 6) is 0. The van der Waals surface area contributed by atoms with Crippen molar-refractivity contribution in [3.8, 4) is 0 Å². The Morgan fingerprint density at radius 3 is 2.60 bits per heavy atom. The number of aliphatic hydroxyl groups is 1. The van der Waals surface area contributed by atoms with Crippen LogP contribution in [-0.2, 0) is 0 Å². The second kappa shape index (κ2) is 6.55. The molecule has 3 nitrogen and oxygen atoms in total. The molecule has 0 saturated carbocycles. The molecule has 0 aliphatic heterocycles. The summed E-state index contributed by atoms with van der Waals surface area (Å²) in [4.78, 5) is 4.57. The van der Waals surface area contributed by atoms with Crippen molar-refractivity contribution in [1.82, 2.24) is 0 Å². The van der Waals surface area contributed by atoms with Crippen LogP contribution >= 0.6 is 11.6 Å². The van der Waals surface area contributed by atoms with Gasteiger partial charge in [-0.05, 0) is 25.1 Å². The van der Waals surface area contributed by atoms with E-state index in [4.69, 9.17) is 17.3 Å². The van der Waals surface area contributed by atoms with Crippen molar-refractivity contribution in [2.75, 3.05) is 12.3 Å². The van der Waals surface area contributed by atoms with Gasteiger partial charge in [-0.1, -0.05) is 41.9 Å². The van der Waals surface area contributed by atoms with Crippen LogP contribution in [0.15, 0.2) is 53.5 Å². The van der Waals surface area contributed by atoms with Gasteiger partial charge in [-0.2, -0.15) is 0 Å². The van der Waals surface area contributed by atoms with Crippen LogP contribution in [0.2, 0.25) is 5.02 Å². The number of nitrogen functional groups attached to an aromatic ring is 1. The van der Waals surface area contributed by atoms with Crippen LogP contribution in [0.5, 0.6) is 0 Å². The summed E-state index contributed by atoms with van der Waals surface area (Å²) in [6, 6.07) is 14.9. The largest absolute Gasteiger partial charge is 0.398 e. The minimum Gasteiger partial charge on any atom is -0.398 e. The molecule has 2 rings (SSSR count). The minimum atomic E-state index is -0.205. The first-order valence-corrected chi connectivity index (χ1v) is 6.79. The summed E-state index contributed by atoms with van der Waals surface area (Å²) in [7, 11) is 0. The predicted molar refractivity (Wildman–Crippen MR) is 84.5 cm³/mol. The van der Waals surface area contributed by atoms with E-state index in [1.165, 1.54) is 0 Å². The predicted octanol–water partition coefficient (Wildman–Crippen LogP) is 3.14. The van der Waals surface area contributed by atoms with E-state index in [0.29, 0.717) is 10.7 Å². The van der Waals surface area contributed by atoms with Gasteiger partial charge in [-0.25, -0.2) is 0 Å². The summed E-state index contributed by atoms with van der Waals surface area (Å²) in [6.45, 7) is 1.83. The number of aliphatic imine (C=N–C) groups is 1. The molecule has 0 saturated heterocycles. The van der Waals surface area contributed by atoms with Crippen molar-refractivity contribution < 1.29 is 5.11 Å². The van der Waals surface area contributed by atoms with Gasteiger partial charge in [-0.3, -0.25) is 4.99 Å². The number of halogens is 1. The van der Waals surface area contributed by atoms with Crippen LogP contribution in [0.25, 0.3) is 0 Å². The molecule has 20 heavy (non-hydrogen) atoms. The Morgan fingerprint density at radius 2 is 1.95 bits per heavy atom. The normalized spacial score (nSPS) is 13.2. The van der Waals surface area contributed by atoms with E-state index in [2.05, 4.69) is 4.99 Å². The fourth-order valence-electron chi connectivity index (χ4n) is 1.89. The van der Waals surface area contributed by atoms with E-state index in [1.807, 2.05) is 37.3 Å². The lowest BCUT2D eigenvalue weighted by atomic mass is 10.0. The summed E-state index contributed by atoms with van der Waals surface area (Å²) >= 11 is 6.06. The smallest absolute Gasteiger partial charge is 0.0744 e. The zero-order valence-electron chi connectivity index (χ0n) is 11.3. The first kappa shape index (κ1) is 14.6. The standard InChI is InChI=1S/C16H17ClN2O/c1-11(10-20)19-16(12-5-3-2-4-6-12)14-9-13(17)7-8-15(14)18/h2-9,11,20H,10,18H2,1H3. The number of aliphatic hydroxyl groups excluding tert-OH is 1. The van der Waals surface area contributed by atoms with Crippen LogP contribution in [0.1, 0.15) is 18.1 Å². The molecule has 1 unspecified atom stereocenters. The lowest BCUT2D eigenvalue weighted by molar-refractivity contribution is 0.274. The van der Waals surface area contributed by atoms with Crippen LogP contribution in [0.3, 0.4) is 0 Å². The molecule has 2 aromatic carbocycles. The Balaban J connectivity index is 2.58. The van der Waals surface area contributed by atoms with Gasteiger partial charge in [0.05, 0.1) is 18.4 Å². The van der Waals surface area contributed by atoms with E-state index in [0.717, 1.165) is 16.8 Å². The molecule has 2 aromatic rings. The summed E-state index contributed by atoms with van der Waals surface area (Å²) in [5.41, 5.74) is 9.13. The average molecular weight is 289 g/mol. The van der Waals surface area contributed by atoms with Crippen molar-refractivity contribution in [2.24, 2.45) is 4.99 Å². The third-order valence-electron chi connectivity index (χ3n) is 2.93. The highest BCUT2D eigenvalue weighted by Gasteiger charge is 2.12. The Hall–Kier alpha value is -1.84. The summed E-state index contributed by atoms with van der Waals surface area (Å²) in [5, 5.41) is 9.84. The molecule has 0 aliphatic carbocycles. The van der Waals surface area contributed by atoms with Gasteiger partial charge < -0.3 is 10.8 Å². The SMILES string of the molecule is CC(CO)N=C(c1ccccc1)c1cc(Cl)ccc1N. The molecule has 1 atom stereocenters. The van der Waals surface area contributed by atoms with Crippen LogP contribution in [0, 0.1) is 0 Å². The van der Waals surface area contributed by atoms with Gasteiger partial charge in [0, 0.05) is 21.8 Å². The van der Waals surface area contributed by atoms with Gasteiger partial charge in [0.2, 0.25) is 0 Å². The van der Waals surface area contributed by atoms with Gasteiger partial charge in [-0.15, -0.1) is 0 Å². The lowest BCUT2D eigenvalue weighted by Gasteiger charge is -2.13. The second-order valence-corrected chi connectivity index (χ2v) is 5.04. The third-order valence-corrected chi connectivity index (χ3v) is 3.17. The maximum Gasteiger partial charge on any atom is 0.0744 e. The maximum atomic E-state index is 9.24. The molecule has 0 fully saturated rings. The van der Waals surface area contributed by atoms with Crippen LogP contribution in [-0.4, -0.2) is 23.5 Å². The van der Waals surface area contributed by atoms with Crippen molar-refractivity contribution in [2.45, 2.75) is 13.0 Å². The number of anilines is 1. The highest BCUT2D eigenvalue weighted by Crippen LogP contribution is 2.22. The number of nitrogens with zero attached hydrogens (tertiary/aromatic N) is 1. The van der Waals surface area contributed by atoms with Gasteiger partial charge in [0.15, 0.2) is 0 Å². The monoisotopic (exact) mass is 288 g/mol. The molecule has 0 bridgehead atoms. The number of rotatable bonds is 4. The lowest BCUT2D eigenvalue weighted by Crippen LogP contribution is -2.13. The Labute approximate surface area is 123 Å². The van der Waals surface area contributed by atoms with Gasteiger partial charge >= 0.3 is 0 Å². The molecular weight excluding hydrogens is 272 g/mol. The average Bonchev–Trinajstić information content (AvgIpc) is 2.48. The Kier molecular flexibility index (Phi) is 4.77. The number of hydrogen-bond donors (Lipinski definition) is 2. The highest BCUT2D eigenvalue weighted by atomic mass is 35.5. The molecule has 3 N–H and O–H groups in total. The fraction of sp³-hybridized carbons (Fsp3) is 0.188. The molecule has 0 heterocycles. The van der Waals surface area contributed by atoms with E-state index in [9.17, 15) is 5.11 Å². The molecule has 0 radical (unpaired) electrons. The van der Waals surface area contributed by atoms with E-state index >= 15 is 0 Å². The molecule has 0 aromatic heterocycles. The quantitative estimate of drug-likeness (QED) is 0.671. The summed E-state index contributed by atoms with van der Waals surface area (Å²) in [6.07, 6.45) is 0. The van der Waals surface area contributed by atoms with Gasteiger partial charge in [0.25, 0.3) is 0 Å². The zero-order chi connectivity index (χ0) is 14.5. The Morgan fingerprint density at radius 1 is 1.25 bits per heavy atom. The van der Waals surface area contributed by atoms with Crippen molar-refractivity contribution in [1.29, 1.82) is 0 Å². The first-order valence-electron chi connectivity index (χ1n) is 6.41. The van der Waals surface area contributed by atoms with Crippen molar-refractivity contribution in [3.63, 3.8) is 0 Å². The number of benzene rings is 2. The Bertz CT molecular complexity index is 611. The third kappa shape index (κ3) is 3.38. The first-order chi connectivity index (χ1) is 9.61. The summed E-state index contributed by atoms with van der Waals surface area (Å²) < 4.78 is 0. The number of hydrogen-bond acceptors (Lipinski definition) is 3. The molecular formula is C16H17ClN2O. The topological polar surface area (TPSA) is 58.6 Å². The van der Waals surface area contributed by atoms with Crippen LogP contribution in [0.4, 0.5) is 5.69 Å². The minimum absolute atomic E-state index is 0.0171. The fourth-order valence-corrected chi connectivity index (χ4v) is 2.06. The molecule has 0 aliphatic rings. The zero-order valence-corrected chi connectivity index (χ0v) is 12.0.